The van der Waals surface area contributed by atoms with Crippen LogP contribution in [0.2, 0.25) is 0 Å². The largest absolute Gasteiger partial charge is 0.379 e. The lowest BCUT2D eigenvalue weighted by molar-refractivity contribution is 0.0639. The molecule has 1 saturated heterocycles. The Bertz CT molecular complexity index is 234. The number of ether oxygens (including phenoxy) is 1. The predicted octanol–water partition coefficient (Wildman–Crippen LogP) is 1.91. The number of rotatable bonds is 10. The van der Waals surface area contributed by atoms with Gasteiger partial charge in [-0.15, -0.1) is 0 Å². The number of hydrogen-bond donors (Lipinski definition) is 1. The molecule has 1 atom stereocenters. The summed E-state index contributed by atoms with van der Waals surface area (Å²) in [6.07, 6.45) is 1.26. The van der Waals surface area contributed by atoms with Crippen LogP contribution in [0.3, 0.4) is 0 Å². The minimum atomic E-state index is 0. The van der Waals surface area contributed by atoms with Crippen LogP contribution in [-0.2, 0) is 4.74 Å². The molecule has 0 amide bonds. The van der Waals surface area contributed by atoms with Gasteiger partial charge < -0.3 is 10.1 Å². The molecule has 1 N–H and O–H groups in total. The molecule has 1 aliphatic heterocycles. The van der Waals surface area contributed by atoms with E-state index in [0.29, 0.717) is 0 Å². The first kappa shape index (κ1) is 17.9. The van der Waals surface area contributed by atoms with Crippen molar-refractivity contribution < 1.29 is 6.16 Å². The van der Waals surface area contributed by atoms with E-state index in [1.807, 2.05) is 0 Å². The Morgan fingerprint density at radius 1 is 1.10 bits per heavy atom. The molecule has 0 saturated carbocycles. The van der Waals surface area contributed by atoms with Gasteiger partial charge in [0.05, 0.1) is 13.2 Å². The molecule has 20 heavy (non-hydrogen) atoms. The molecule has 4 nitrogen and oxygen atoms in total. The molecular formula is C16H37N3O. The van der Waals surface area contributed by atoms with E-state index in [-0.39, 0.29) is 1.43 Å². The van der Waals surface area contributed by atoms with Crippen molar-refractivity contribution in [3.63, 3.8) is 0 Å². The molecule has 0 aromatic carbocycles. The molecule has 0 spiro atoms. The van der Waals surface area contributed by atoms with Crippen LogP contribution in [0.5, 0.6) is 0 Å². The van der Waals surface area contributed by atoms with E-state index < -0.39 is 0 Å². The molecular weight excluding hydrogens is 250 g/mol. The summed E-state index contributed by atoms with van der Waals surface area (Å²) >= 11 is 0. The minimum absolute atomic E-state index is 0. The van der Waals surface area contributed by atoms with E-state index in [0.717, 1.165) is 44.8 Å². The van der Waals surface area contributed by atoms with Crippen LogP contribution >= 0.6 is 0 Å². The van der Waals surface area contributed by atoms with Crippen molar-refractivity contribution in [1.82, 2.24) is 15.1 Å². The van der Waals surface area contributed by atoms with Gasteiger partial charge in [0.2, 0.25) is 0 Å². The van der Waals surface area contributed by atoms with Crippen LogP contribution in [0.25, 0.3) is 0 Å². The Balaban J connectivity index is 0.00000400. The minimum Gasteiger partial charge on any atom is -0.379 e. The molecule has 1 aliphatic rings. The lowest BCUT2D eigenvalue weighted by atomic mass is 10.2. The van der Waals surface area contributed by atoms with Gasteiger partial charge in [0.25, 0.3) is 0 Å². The van der Waals surface area contributed by atoms with Gasteiger partial charge in [-0.3, -0.25) is 9.80 Å². The Morgan fingerprint density at radius 2 is 1.80 bits per heavy atom. The third kappa shape index (κ3) is 7.58. The third-order valence-electron chi connectivity index (χ3n) is 4.15. The Hall–Kier alpha value is -0.160. The van der Waals surface area contributed by atoms with Crippen molar-refractivity contribution >= 4 is 0 Å². The summed E-state index contributed by atoms with van der Waals surface area (Å²) in [5, 5.41) is 3.40. The summed E-state index contributed by atoms with van der Waals surface area (Å²) in [5.41, 5.74) is 0. The van der Waals surface area contributed by atoms with Gasteiger partial charge in [0.15, 0.2) is 0 Å². The maximum absolute atomic E-state index is 5.70. The van der Waals surface area contributed by atoms with Crippen molar-refractivity contribution in [2.45, 2.75) is 40.2 Å². The molecule has 1 fully saturated rings. The van der Waals surface area contributed by atoms with Crippen molar-refractivity contribution in [2.75, 3.05) is 59.0 Å². The maximum Gasteiger partial charge on any atom is 0.0594 e. The van der Waals surface area contributed by atoms with Crippen LogP contribution in [0, 0.1) is 5.92 Å². The number of hydrogen-bond acceptors (Lipinski definition) is 4. The molecule has 0 bridgehead atoms. The fourth-order valence-electron chi connectivity index (χ4n) is 2.52. The summed E-state index contributed by atoms with van der Waals surface area (Å²) in [6.45, 7) is 18.7. The molecule has 1 heterocycles. The van der Waals surface area contributed by atoms with Crippen molar-refractivity contribution in [1.29, 1.82) is 0 Å². The first-order chi connectivity index (χ1) is 9.63. The molecule has 122 valence electrons. The van der Waals surface area contributed by atoms with E-state index in [1.165, 1.54) is 32.6 Å². The van der Waals surface area contributed by atoms with Gasteiger partial charge in [0, 0.05) is 46.7 Å². The van der Waals surface area contributed by atoms with Gasteiger partial charge in [-0.1, -0.05) is 20.8 Å². The van der Waals surface area contributed by atoms with Gasteiger partial charge in [-0.05, 0) is 25.8 Å². The fraction of sp³-hybridized carbons (Fsp3) is 1.00. The van der Waals surface area contributed by atoms with Crippen molar-refractivity contribution in [2.24, 2.45) is 5.92 Å². The lowest BCUT2D eigenvalue weighted by Crippen LogP contribution is -2.50. The SMILES string of the molecule is CCC(C)N1CCN(CCOCCNCC(C)C)CC1.[HH]. The second kappa shape index (κ2) is 10.6. The molecule has 0 aliphatic carbocycles. The highest BCUT2D eigenvalue weighted by Gasteiger charge is 2.19. The smallest absolute Gasteiger partial charge is 0.0594 e. The molecule has 1 rings (SSSR count). The topological polar surface area (TPSA) is 27.7 Å². The normalized spacial score (nSPS) is 19.6. The van der Waals surface area contributed by atoms with E-state index in [1.54, 1.807) is 0 Å². The zero-order chi connectivity index (χ0) is 14.8. The van der Waals surface area contributed by atoms with Crippen molar-refractivity contribution in [3.8, 4) is 0 Å². The van der Waals surface area contributed by atoms with E-state index >= 15 is 0 Å². The summed E-state index contributed by atoms with van der Waals surface area (Å²) in [5.74, 6) is 0.719. The molecule has 4 heteroatoms. The summed E-state index contributed by atoms with van der Waals surface area (Å²) in [4.78, 5) is 5.13. The number of nitrogens with zero attached hydrogens (tertiary/aromatic N) is 2. The van der Waals surface area contributed by atoms with Gasteiger partial charge in [0.1, 0.15) is 0 Å². The Kier molecular flexibility index (Phi) is 9.44. The van der Waals surface area contributed by atoms with E-state index in [9.17, 15) is 0 Å². The average molecular weight is 287 g/mol. The first-order valence-electron chi connectivity index (χ1n) is 8.38. The summed E-state index contributed by atoms with van der Waals surface area (Å²) in [6, 6.07) is 0.737. The highest BCUT2D eigenvalue weighted by Crippen LogP contribution is 2.08. The monoisotopic (exact) mass is 287 g/mol. The van der Waals surface area contributed by atoms with Gasteiger partial charge in [-0.25, -0.2) is 0 Å². The van der Waals surface area contributed by atoms with Gasteiger partial charge >= 0.3 is 0 Å². The lowest BCUT2D eigenvalue weighted by Gasteiger charge is -2.37. The Labute approximate surface area is 127 Å². The van der Waals surface area contributed by atoms with Crippen LogP contribution in [0.15, 0.2) is 0 Å². The zero-order valence-corrected chi connectivity index (χ0v) is 14.0. The molecule has 1 unspecified atom stereocenters. The van der Waals surface area contributed by atoms with Crippen LogP contribution in [0.1, 0.15) is 35.5 Å². The second-order valence-electron chi connectivity index (χ2n) is 6.35. The van der Waals surface area contributed by atoms with E-state index in [2.05, 4.69) is 42.8 Å². The zero-order valence-electron chi connectivity index (χ0n) is 14.0. The van der Waals surface area contributed by atoms with Gasteiger partial charge in [-0.2, -0.15) is 0 Å². The highest BCUT2D eigenvalue weighted by molar-refractivity contribution is 4.75. The second-order valence-corrected chi connectivity index (χ2v) is 6.35. The molecule has 0 aromatic heterocycles. The van der Waals surface area contributed by atoms with Crippen LogP contribution in [-0.4, -0.2) is 74.9 Å². The highest BCUT2D eigenvalue weighted by atomic mass is 16.5. The first-order valence-corrected chi connectivity index (χ1v) is 8.38. The standard InChI is InChI=1S/C16H35N3O.H2/c1-5-16(4)19-9-7-18(8-10-19)11-13-20-12-6-17-14-15(2)3;/h15-17H,5-14H2,1-4H3;1H. The quantitative estimate of drug-likeness (QED) is 0.621. The van der Waals surface area contributed by atoms with E-state index in [4.69, 9.17) is 4.74 Å². The van der Waals surface area contributed by atoms with Crippen LogP contribution in [0.4, 0.5) is 0 Å². The molecule has 0 aromatic rings. The molecule has 0 radical (unpaired) electrons. The summed E-state index contributed by atoms with van der Waals surface area (Å²) < 4.78 is 5.70. The summed E-state index contributed by atoms with van der Waals surface area (Å²) in [7, 11) is 0. The third-order valence-corrected chi connectivity index (χ3v) is 4.15. The predicted molar refractivity (Wildman–Crippen MR) is 88.4 cm³/mol. The van der Waals surface area contributed by atoms with Crippen LogP contribution < -0.4 is 5.32 Å². The maximum atomic E-state index is 5.70. The average Bonchev–Trinajstić information content (AvgIpc) is 2.45. The number of nitrogens with one attached hydrogen (secondary N) is 1. The Morgan fingerprint density at radius 3 is 2.40 bits per heavy atom. The fourth-order valence-corrected chi connectivity index (χ4v) is 2.52. The van der Waals surface area contributed by atoms with Crippen molar-refractivity contribution in [3.05, 3.63) is 0 Å². The number of piperazine rings is 1.